The smallest absolute Gasteiger partial charge is 0.0861 e. The Hall–Kier alpha value is -1.60. The molecule has 1 fully saturated rings. The maximum Gasteiger partial charge on any atom is 0.0861 e. The van der Waals surface area contributed by atoms with Gasteiger partial charge >= 0.3 is 0 Å². The Morgan fingerprint density at radius 3 is 2.29 bits per heavy atom. The number of ether oxygens (including phenoxy) is 1. The second kappa shape index (κ2) is 7.34. The van der Waals surface area contributed by atoms with Gasteiger partial charge in [0.25, 0.3) is 0 Å². The number of benzene rings is 2. The largest absolute Gasteiger partial charge is 0.371 e. The monoisotopic (exact) mass is 376 g/mol. The van der Waals surface area contributed by atoms with E-state index in [1.807, 2.05) is 0 Å². The summed E-state index contributed by atoms with van der Waals surface area (Å²) in [5.74, 6) is 1.23. The summed E-state index contributed by atoms with van der Waals surface area (Å²) in [7, 11) is 0. The molecule has 1 nitrogen and oxygen atoms in total. The first-order valence-electron chi connectivity index (χ1n) is 11.1. The van der Waals surface area contributed by atoms with E-state index in [2.05, 4.69) is 89.2 Å². The lowest BCUT2D eigenvalue weighted by Crippen LogP contribution is -2.53. The summed E-state index contributed by atoms with van der Waals surface area (Å²) in [6.07, 6.45) is 5.40. The summed E-state index contributed by atoms with van der Waals surface area (Å²) in [6, 6.07) is 20.1. The fourth-order valence-corrected chi connectivity index (χ4v) is 6.57. The maximum absolute atomic E-state index is 6.59. The van der Waals surface area contributed by atoms with Gasteiger partial charge in [-0.05, 0) is 78.9 Å². The summed E-state index contributed by atoms with van der Waals surface area (Å²) in [5, 5.41) is 0. The van der Waals surface area contributed by atoms with Crippen molar-refractivity contribution in [2.45, 2.75) is 77.9 Å². The van der Waals surface area contributed by atoms with Crippen molar-refractivity contribution in [3.63, 3.8) is 0 Å². The molecular formula is C27H36O. The molecule has 0 amide bonds. The van der Waals surface area contributed by atoms with Crippen LogP contribution in [-0.4, -0.2) is 6.10 Å². The van der Waals surface area contributed by atoms with Crippen LogP contribution in [0.4, 0.5) is 0 Å². The van der Waals surface area contributed by atoms with E-state index < -0.39 is 0 Å². The Kier molecular flexibility index (Phi) is 5.16. The zero-order valence-corrected chi connectivity index (χ0v) is 18.2. The molecule has 1 unspecified atom stereocenters. The Morgan fingerprint density at radius 2 is 1.57 bits per heavy atom. The van der Waals surface area contributed by atoms with Gasteiger partial charge in [-0.25, -0.2) is 0 Å². The van der Waals surface area contributed by atoms with Crippen molar-refractivity contribution in [1.82, 2.24) is 0 Å². The van der Waals surface area contributed by atoms with Gasteiger partial charge in [0.15, 0.2) is 0 Å². The quantitative estimate of drug-likeness (QED) is 0.552. The molecule has 2 aliphatic carbocycles. The SMILES string of the molecule is CC(C)OC(c1ccccc1)[C@H]1CC[C@]2(C)c3ccccc3CC[C@H]2C1(C)C. The van der Waals surface area contributed by atoms with Crippen molar-refractivity contribution in [2.24, 2.45) is 17.3 Å². The van der Waals surface area contributed by atoms with Crippen LogP contribution in [0, 0.1) is 17.3 Å². The summed E-state index contributed by atoms with van der Waals surface area (Å²) in [6.45, 7) is 11.9. The molecule has 1 heteroatoms. The van der Waals surface area contributed by atoms with E-state index in [9.17, 15) is 0 Å². The van der Waals surface area contributed by atoms with Crippen molar-refractivity contribution in [1.29, 1.82) is 0 Å². The van der Waals surface area contributed by atoms with Crippen LogP contribution in [0.1, 0.15) is 76.7 Å². The van der Waals surface area contributed by atoms with Gasteiger partial charge < -0.3 is 4.74 Å². The molecule has 0 aliphatic heterocycles. The maximum atomic E-state index is 6.59. The lowest BCUT2D eigenvalue weighted by molar-refractivity contribution is -0.114. The van der Waals surface area contributed by atoms with Gasteiger partial charge in [0.2, 0.25) is 0 Å². The zero-order chi connectivity index (χ0) is 19.9. The third kappa shape index (κ3) is 3.22. The first-order valence-corrected chi connectivity index (χ1v) is 11.1. The fraction of sp³-hybridized carbons (Fsp3) is 0.556. The molecule has 0 saturated heterocycles. The second-order valence-electron chi connectivity index (χ2n) is 10.1. The third-order valence-electron chi connectivity index (χ3n) is 7.84. The first kappa shape index (κ1) is 19.7. The van der Waals surface area contributed by atoms with Crippen LogP contribution in [0.15, 0.2) is 54.6 Å². The predicted octanol–water partition coefficient (Wildman–Crippen LogP) is 7.11. The molecule has 0 aromatic heterocycles. The second-order valence-corrected chi connectivity index (χ2v) is 10.1. The van der Waals surface area contributed by atoms with E-state index >= 15 is 0 Å². The van der Waals surface area contributed by atoms with Gasteiger partial charge in [0.05, 0.1) is 12.2 Å². The average Bonchev–Trinajstić information content (AvgIpc) is 2.67. The minimum atomic E-state index is 0.179. The lowest BCUT2D eigenvalue weighted by atomic mass is 9.46. The van der Waals surface area contributed by atoms with Crippen LogP contribution in [0.5, 0.6) is 0 Å². The minimum absolute atomic E-state index is 0.179. The average molecular weight is 377 g/mol. The van der Waals surface area contributed by atoms with Crippen LogP contribution >= 0.6 is 0 Å². The van der Waals surface area contributed by atoms with Gasteiger partial charge in [-0.2, -0.15) is 0 Å². The highest BCUT2D eigenvalue weighted by Crippen LogP contribution is 2.61. The Balaban J connectivity index is 1.72. The van der Waals surface area contributed by atoms with E-state index in [4.69, 9.17) is 4.74 Å². The highest BCUT2D eigenvalue weighted by molar-refractivity contribution is 5.39. The van der Waals surface area contributed by atoms with Crippen LogP contribution in [-0.2, 0) is 16.6 Å². The van der Waals surface area contributed by atoms with Crippen molar-refractivity contribution in [2.75, 3.05) is 0 Å². The van der Waals surface area contributed by atoms with Gasteiger partial charge in [-0.15, -0.1) is 0 Å². The van der Waals surface area contributed by atoms with Crippen molar-refractivity contribution in [3.05, 3.63) is 71.3 Å². The molecule has 0 heterocycles. The van der Waals surface area contributed by atoms with Crippen molar-refractivity contribution < 1.29 is 4.74 Å². The number of hydrogen-bond donors (Lipinski definition) is 0. The van der Waals surface area contributed by atoms with Gasteiger partial charge in [-0.1, -0.05) is 75.4 Å². The number of rotatable bonds is 4. The van der Waals surface area contributed by atoms with Gasteiger partial charge in [-0.3, -0.25) is 0 Å². The molecule has 0 bridgehead atoms. The number of fused-ring (bicyclic) bond motifs is 3. The molecule has 0 radical (unpaired) electrons. The van der Waals surface area contributed by atoms with Crippen LogP contribution in [0.2, 0.25) is 0 Å². The van der Waals surface area contributed by atoms with Crippen LogP contribution in [0.25, 0.3) is 0 Å². The molecule has 1 saturated carbocycles. The van der Waals surface area contributed by atoms with Gasteiger partial charge in [0, 0.05) is 0 Å². The molecule has 4 atom stereocenters. The summed E-state index contributed by atoms with van der Waals surface area (Å²) < 4.78 is 6.59. The minimum Gasteiger partial charge on any atom is -0.371 e. The Bertz CT molecular complexity index is 806. The van der Waals surface area contributed by atoms with E-state index in [0.717, 1.165) is 0 Å². The van der Waals surface area contributed by atoms with Crippen LogP contribution < -0.4 is 0 Å². The van der Waals surface area contributed by atoms with E-state index in [1.54, 1.807) is 11.1 Å². The molecule has 0 spiro atoms. The fourth-order valence-electron chi connectivity index (χ4n) is 6.57. The van der Waals surface area contributed by atoms with E-state index in [-0.39, 0.29) is 23.0 Å². The van der Waals surface area contributed by atoms with Gasteiger partial charge in [0.1, 0.15) is 0 Å². The summed E-state index contributed by atoms with van der Waals surface area (Å²) in [4.78, 5) is 0. The van der Waals surface area contributed by atoms with Crippen molar-refractivity contribution in [3.8, 4) is 0 Å². The Morgan fingerprint density at radius 1 is 0.893 bits per heavy atom. The number of aryl methyl sites for hydroxylation is 1. The van der Waals surface area contributed by atoms with E-state index in [1.165, 1.54) is 31.2 Å². The first-order chi connectivity index (χ1) is 13.3. The molecule has 2 aliphatic rings. The molecular weight excluding hydrogens is 340 g/mol. The Labute approximate surface area is 171 Å². The molecule has 2 aromatic rings. The molecule has 150 valence electrons. The molecule has 0 N–H and O–H groups in total. The molecule has 4 rings (SSSR count). The summed E-state index contributed by atoms with van der Waals surface area (Å²) >= 11 is 0. The number of hydrogen-bond acceptors (Lipinski definition) is 1. The lowest BCUT2D eigenvalue weighted by Gasteiger charge is -2.59. The molecule has 2 aromatic carbocycles. The third-order valence-corrected chi connectivity index (χ3v) is 7.84. The predicted molar refractivity (Wildman–Crippen MR) is 118 cm³/mol. The zero-order valence-electron chi connectivity index (χ0n) is 18.2. The standard InChI is InChI=1S/C27H36O/c1-19(2)28-25(21-12-7-6-8-13-21)23-17-18-27(5)22-14-10-9-11-20(22)15-16-24(27)26(23,3)4/h6-14,19,23-25H,15-18H2,1-5H3/t23-,24+,25?,27-/m1/s1. The summed E-state index contributed by atoms with van der Waals surface area (Å²) in [5.41, 5.74) is 5.05. The van der Waals surface area contributed by atoms with Crippen LogP contribution in [0.3, 0.4) is 0 Å². The normalized spacial score (nSPS) is 29.8. The van der Waals surface area contributed by atoms with Crippen molar-refractivity contribution >= 4 is 0 Å². The van der Waals surface area contributed by atoms with E-state index in [0.29, 0.717) is 11.8 Å². The molecule has 28 heavy (non-hydrogen) atoms. The highest BCUT2D eigenvalue weighted by atomic mass is 16.5. The topological polar surface area (TPSA) is 9.23 Å². The highest BCUT2D eigenvalue weighted by Gasteiger charge is 2.55.